The van der Waals surface area contributed by atoms with Crippen LogP contribution in [0.3, 0.4) is 0 Å². The van der Waals surface area contributed by atoms with E-state index in [4.69, 9.17) is 4.74 Å². The third kappa shape index (κ3) is 6.36. The number of anilines is 1. The van der Waals surface area contributed by atoms with Gasteiger partial charge in [0.1, 0.15) is 11.4 Å². The summed E-state index contributed by atoms with van der Waals surface area (Å²) in [6.07, 6.45) is 3.76. The Morgan fingerprint density at radius 1 is 1.15 bits per heavy atom. The number of nitrogens with zero attached hydrogens (tertiary/aromatic N) is 3. The van der Waals surface area contributed by atoms with Crippen molar-refractivity contribution in [1.82, 2.24) is 9.29 Å². The van der Waals surface area contributed by atoms with Crippen LogP contribution in [0.2, 0.25) is 0 Å². The van der Waals surface area contributed by atoms with E-state index in [2.05, 4.69) is 4.98 Å². The van der Waals surface area contributed by atoms with Crippen molar-refractivity contribution in [2.24, 2.45) is 5.92 Å². The topological polar surface area (TPSA) is 79.8 Å². The first-order chi connectivity index (χ1) is 15.9. The molecule has 1 unspecified atom stereocenters. The van der Waals surface area contributed by atoms with Gasteiger partial charge in [0, 0.05) is 19.3 Å². The van der Waals surface area contributed by atoms with Crippen molar-refractivity contribution >= 4 is 21.9 Å². The molecule has 1 fully saturated rings. The summed E-state index contributed by atoms with van der Waals surface area (Å²) in [4.78, 5) is 19.2. The number of hydrogen-bond acceptors (Lipinski definition) is 5. The number of rotatable bonds is 6. The maximum atomic E-state index is 13.4. The molecule has 0 spiro atoms. The summed E-state index contributed by atoms with van der Waals surface area (Å²) in [6, 6.07) is 10.4. The van der Waals surface area contributed by atoms with Crippen LogP contribution < -0.4 is 4.90 Å². The standard InChI is InChI=1S/C26H37N3O4S/c1-19(2)18-28(25(30)33-26(4,5)6)24-15-12-21(17-27-24)23-9-7-8-16-29(23)34(31,32)22-13-10-20(3)11-14-22/h10-15,17,19,23H,7-9,16,18H2,1-6H3. The molecular formula is C26H37N3O4S. The van der Waals surface area contributed by atoms with Crippen LogP contribution in [-0.2, 0) is 14.8 Å². The molecule has 1 amide bonds. The Balaban J connectivity index is 1.88. The lowest BCUT2D eigenvalue weighted by Crippen LogP contribution is -2.40. The molecule has 1 aromatic heterocycles. The molecule has 0 radical (unpaired) electrons. The van der Waals surface area contributed by atoms with Crippen molar-refractivity contribution < 1.29 is 17.9 Å². The predicted octanol–water partition coefficient (Wildman–Crippen LogP) is 5.70. The maximum Gasteiger partial charge on any atom is 0.416 e. The van der Waals surface area contributed by atoms with Gasteiger partial charge in [-0.05, 0) is 70.2 Å². The van der Waals surface area contributed by atoms with Gasteiger partial charge in [-0.15, -0.1) is 0 Å². The Kier molecular flexibility index (Phi) is 8.03. The second-order valence-corrected chi connectivity index (χ2v) is 12.3. The first-order valence-electron chi connectivity index (χ1n) is 11.9. The lowest BCUT2D eigenvalue weighted by Gasteiger charge is -2.35. The Bertz CT molecular complexity index is 1070. The minimum atomic E-state index is -3.63. The molecule has 34 heavy (non-hydrogen) atoms. The Morgan fingerprint density at radius 3 is 2.38 bits per heavy atom. The molecule has 2 heterocycles. The van der Waals surface area contributed by atoms with Gasteiger partial charge in [-0.3, -0.25) is 4.90 Å². The van der Waals surface area contributed by atoms with E-state index in [-0.39, 0.29) is 12.0 Å². The largest absolute Gasteiger partial charge is 0.443 e. The smallest absolute Gasteiger partial charge is 0.416 e. The Hall–Kier alpha value is -2.45. The van der Waals surface area contributed by atoms with E-state index in [1.165, 1.54) is 0 Å². The van der Waals surface area contributed by atoms with Gasteiger partial charge in [0.25, 0.3) is 0 Å². The van der Waals surface area contributed by atoms with Crippen LogP contribution in [-0.4, -0.2) is 42.5 Å². The van der Waals surface area contributed by atoms with Crippen molar-refractivity contribution in [2.75, 3.05) is 18.0 Å². The summed E-state index contributed by atoms with van der Waals surface area (Å²) >= 11 is 0. The average Bonchev–Trinajstić information content (AvgIpc) is 2.76. The fraction of sp³-hybridized carbons (Fsp3) is 0.538. The molecule has 1 atom stereocenters. The fourth-order valence-corrected chi connectivity index (χ4v) is 5.75. The van der Waals surface area contributed by atoms with Crippen LogP contribution in [0.15, 0.2) is 47.5 Å². The molecule has 0 saturated carbocycles. The predicted molar refractivity (Wildman–Crippen MR) is 134 cm³/mol. The van der Waals surface area contributed by atoms with Crippen LogP contribution >= 0.6 is 0 Å². The molecule has 1 aliphatic rings. The van der Waals surface area contributed by atoms with Gasteiger partial charge in [0.05, 0.1) is 10.9 Å². The van der Waals surface area contributed by atoms with Crippen molar-refractivity contribution in [3.63, 3.8) is 0 Å². The minimum absolute atomic E-state index is 0.225. The molecule has 0 aliphatic carbocycles. The summed E-state index contributed by atoms with van der Waals surface area (Å²) in [6.45, 7) is 12.4. The summed E-state index contributed by atoms with van der Waals surface area (Å²) in [5, 5.41) is 0. The third-order valence-corrected chi connectivity index (χ3v) is 7.60. The number of piperidine rings is 1. The third-order valence-electron chi connectivity index (χ3n) is 5.67. The fourth-order valence-electron chi connectivity index (χ4n) is 4.07. The molecular weight excluding hydrogens is 450 g/mol. The Morgan fingerprint density at radius 2 is 1.82 bits per heavy atom. The summed E-state index contributed by atoms with van der Waals surface area (Å²) in [7, 11) is -3.63. The molecule has 7 nitrogen and oxygen atoms in total. The van der Waals surface area contributed by atoms with E-state index >= 15 is 0 Å². The quantitative estimate of drug-likeness (QED) is 0.522. The number of pyridine rings is 1. The number of ether oxygens (including phenoxy) is 1. The van der Waals surface area contributed by atoms with E-state index in [0.29, 0.717) is 23.8 Å². The van der Waals surface area contributed by atoms with E-state index in [1.807, 2.05) is 59.7 Å². The van der Waals surface area contributed by atoms with Gasteiger partial charge in [-0.1, -0.05) is 44.0 Å². The second-order valence-electron chi connectivity index (χ2n) is 10.4. The first kappa shape index (κ1) is 26.2. The molecule has 1 aliphatic heterocycles. The number of aryl methyl sites for hydroxylation is 1. The van der Waals surface area contributed by atoms with E-state index < -0.39 is 21.7 Å². The number of sulfonamides is 1. The van der Waals surface area contributed by atoms with Crippen molar-refractivity contribution in [2.45, 2.75) is 77.3 Å². The number of benzene rings is 1. The van der Waals surface area contributed by atoms with Crippen molar-refractivity contribution in [3.8, 4) is 0 Å². The van der Waals surface area contributed by atoms with Gasteiger partial charge in [0.15, 0.2) is 0 Å². The SMILES string of the molecule is Cc1ccc(S(=O)(=O)N2CCCCC2c2ccc(N(CC(C)C)C(=O)OC(C)(C)C)nc2)cc1. The highest BCUT2D eigenvalue weighted by molar-refractivity contribution is 7.89. The van der Waals surface area contributed by atoms with Crippen molar-refractivity contribution in [1.29, 1.82) is 0 Å². The molecule has 0 bridgehead atoms. The highest BCUT2D eigenvalue weighted by Gasteiger charge is 2.35. The average molecular weight is 488 g/mol. The monoisotopic (exact) mass is 487 g/mol. The molecule has 8 heteroatoms. The number of hydrogen-bond donors (Lipinski definition) is 0. The molecule has 1 aromatic carbocycles. The molecule has 1 saturated heterocycles. The van der Waals surface area contributed by atoms with E-state index in [0.717, 1.165) is 30.4 Å². The normalized spacial score (nSPS) is 17.6. The van der Waals surface area contributed by atoms with Crippen LogP contribution in [0.1, 0.15) is 71.0 Å². The lowest BCUT2D eigenvalue weighted by molar-refractivity contribution is 0.0575. The van der Waals surface area contributed by atoms with Gasteiger partial charge in [-0.25, -0.2) is 18.2 Å². The first-order valence-corrected chi connectivity index (χ1v) is 13.4. The summed E-state index contributed by atoms with van der Waals surface area (Å²) in [5.74, 6) is 0.720. The van der Waals surface area contributed by atoms with Crippen LogP contribution in [0.25, 0.3) is 0 Å². The van der Waals surface area contributed by atoms with E-state index in [9.17, 15) is 13.2 Å². The molecule has 186 valence electrons. The van der Waals surface area contributed by atoms with Crippen LogP contribution in [0.5, 0.6) is 0 Å². The number of aromatic nitrogens is 1. The summed E-state index contributed by atoms with van der Waals surface area (Å²) < 4.78 is 34.0. The highest BCUT2D eigenvalue weighted by Crippen LogP contribution is 2.35. The molecule has 0 N–H and O–H groups in total. The highest BCUT2D eigenvalue weighted by atomic mass is 32.2. The lowest BCUT2D eigenvalue weighted by atomic mass is 9.99. The molecule has 2 aromatic rings. The zero-order valence-electron chi connectivity index (χ0n) is 21.1. The van der Waals surface area contributed by atoms with E-state index in [1.54, 1.807) is 33.6 Å². The molecule has 3 rings (SSSR count). The number of carbonyl (C=O) groups excluding carboxylic acids is 1. The maximum absolute atomic E-state index is 13.4. The van der Waals surface area contributed by atoms with Gasteiger partial charge in [-0.2, -0.15) is 4.31 Å². The Labute approximate surface area is 204 Å². The van der Waals surface area contributed by atoms with Gasteiger partial charge in [0.2, 0.25) is 10.0 Å². The minimum Gasteiger partial charge on any atom is -0.443 e. The second kappa shape index (κ2) is 10.4. The van der Waals surface area contributed by atoms with Crippen LogP contribution in [0, 0.1) is 12.8 Å². The number of carbonyl (C=O) groups is 1. The van der Waals surface area contributed by atoms with Gasteiger partial charge < -0.3 is 4.74 Å². The van der Waals surface area contributed by atoms with Gasteiger partial charge >= 0.3 is 6.09 Å². The zero-order valence-corrected chi connectivity index (χ0v) is 21.9. The number of amides is 1. The summed E-state index contributed by atoms with van der Waals surface area (Å²) in [5.41, 5.74) is 1.23. The van der Waals surface area contributed by atoms with Crippen molar-refractivity contribution in [3.05, 3.63) is 53.7 Å². The zero-order chi connectivity index (χ0) is 25.1. The van der Waals surface area contributed by atoms with Crippen LogP contribution in [0.4, 0.5) is 10.6 Å².